The summed E-state index contributed by atoms with van der Waals surface area (Å²) in [5.74, 6) is 1.34. The zero-order chi connectivity index (χ0) is 18.8. The van der Waals surface area contributed by atoms with E-state index in [9.17, 15) is 0 Å². The first-order chi connectivity index (χ1) is 12.6. The molecule has 2 aromatic carbocycles. The summed E-state index contributed by atoms with van der Waals surface area (Å²) in [6, 6.07) is 13.2. The molecule has 5 nitrogen and oxygen atoms in total. The van der Waals surface area contributed by atoms with Gasteiger partial charge in [-0.05, 0) is 67.5 Å². The summed E-state index contributed by atoms with van der Waals surface area (Å²) >= 11 is 11.0. The molecule has 0 aliphatic carbocycles. The lowest BCUT2D eigenvalue weighted by Crippen LogP contribution is -2.31. The predicted molar refractivity (Wildman–Crippen MR) is 110 cm³/mol. The van der Waals surface area contributed by atoms with Crippen LogP contribution in [0.15, 0.2) is 47.6 Å². The summed E-state index contributed by atoms with van der Waals surface area (Å²) in [6.07, 6.45) is 1.68. The monoisotopic (exact) mass is 391 g/mol. The highest BCUT2D eigenvalue weighted by Gasteiger charge is 2.06. The van der Waals surface area contributed by atoms with Gasteiger partial charge in [0, 0.05) is 11.6 Å². The number of rotatable bonds is 8. The van der Waals surface area contributed by atoms with Crippen LogP contribution in [0, 0.1) is 0 Å². The van der Waals surface area contributed by atoms with Crippen LogP contribution >= 0.6 is 23.8 Å². The molecule has 0 aliphatic heterocycles. The van der Waals surface area contributed by atoms with E-state index in [-0.39, 0.29) is 0 Å². The van der Waals surface area contributed by atoms with E-state index in [1.165, 1.54) is 0 Å². The molecule has 0 atom stereocenters. The Morgan fingerprint density at radius 3 is 2.58 bits per heavy atom. The number of ether oxygens (including phenoxy) is 2. The minimum absolute atomic E-state index is 0.434. The lowest BCUT2D eigenvalue weighted by molar-refractivity contribution is 0.269. The molecule has 0 heterocycles. The van der Waals surface area contributed by atoms with Crippen molar-refractivity contribution in [3.8, 4) is 11.5 Å². The molecular formula is C19H22ClN3O2S. The van der Waals surface area contributed by atoms with E-state index in [1.54, 1.807) is 6.21 Å². The summed E-state index contributed by atoms with van der Waals surface area (Å²) in [5, 5.41) is 8.25. The van der Waals surface area contributed by atoms with Crippen molar-refractivity contribution in [2.75, 3.05) is 13.2 Å². The van der Waals surface area contributed by atoms with Gasteiger partial charge in [0.05, 0.1) is 12.8 Å². The van der Waals surface area contributed by atoms with Crippen molar-refractivity contribution in [1.29, 1.82) is 0 Å². The first kappa shape index (κ1) is 20.0. The fourth-order valence-electron chi connectivity index (χ4n) is 2.10. The van der Waals surface area contributed by atoms with Crippen molar-refractivity contribution in [2.24, 2.45) is 5.10 Å². The zero-order valence-corrected chi connectivity index (χ0v) is 16.4. The van der Waals surface area contributed by atoms with Crippen molar-refractivity contribution in [2.45, 2.75) is 20.5 Å². The van der Waals surface area contributed by atoms with Gasteiger partial charge in [0.2, 0.25) is 0 Å². The normalized spacial score (nSPS) is 10.6. The summed E-state index contributed by atoms with van der Waals surface area (Å²) in [4.78, 5) is 0. The minimum atomic E-state index is 0.434. The maximum atomic E-state index is 5.90. The molecule has 0 amide bonds. The number of halogens is 1. The molecule has 7 heteroatoms. The standard InChI is InChI=1S/C19H22ClN3O2S/c1-3-21-19(26)23-22-12-15-7-10-17(18(11-15)24-4-2)25-13-14-5-8-16(20)9-6-14/h5-12H,3-4,13H2,1-2H3,(H2,21,23,26)/b22-12+. The third-order valence-corrected chi connectivity index (χ3v) is 3.78. The average molecular weight is 392 g/mol. The Kier molecular flexibility index (Phi) is 8.18. The Labute approximate surface area is 164 Å². The molecular weight excluding hydrogens is 370 g/mol. The third-order valence-electron chi connectivity index (χ3n) is 3.29. The SMILES string of the molecule is CCNC(=S)N/N=C/c1ccc(OCc2ccc(Cl)cc2)c(OCC)c1. The molecule has 0 radical (unpaired) electrons. The summed E-state index contributed by atoms with van der Waals surface area (Å²) in [7, 11) is 0. The van der Waals surface area contributed by atoms with Crippen LogP contribution in [0.1, 0.15) is 25.0 Å². The first-order valence-electron chi connectivity index (χ1n) is 8.33. The van der Waals surface area contributed by atoms with Gasteiger partial charge in [-0.3, -0.25) is 5.43 Å². The molecule has 2 aromatic rings. The number of hydrogen-bond donors (Lipinski definition) is 2. The summed E-state index contributed by atoms with van der Waals surface area (Å²) < 4.78 is 11.6. The molecule has 0 aliphatic rings. The van der Waals surface area contributed by atoms with Gasteiger partial charge in [-0.1, -0.05) is 23.7 Å². The number of nitrogens with zero attached hydrogens (tertiary/aromatic N) is 1. The predicted octanol–water partition coefficient (Wildman–Crippen LogP) is 4.14. The van der Waals surface area contributed by atoms with Crippen molar-refractivity contribution in [3.63, 3.8) is 0 Å². The van der Waals surface area contributed by atoms with Crippen LogP contribution in [0.25, 0.3) is 0 Å². The number of thiocarbonyl (C=S) groups is 1. The Hall–Kier alpha value is -2.31. The number of nitrogens with one attached hydrogen (secondary N) is 2. The fourth-order valence-corrected chi connectivity index (χ4v) is 2.42. The van der Waals surface area contributed by atoms with Gasteiger partial charge in [-0.25, -0.2) is 0 Å². The molecule has 26 heavy (non-hydrogen) atoms. The van der Waals surface area contributed by atoms with Crippen molar-refractivity contribution in [3.05, 3.63) is 58.6 Å². The second-order valence-electron chi connectivity index (χ2n) is 5.28. The molecule has 0 fully saturated rings. The lowest BCUT2D eigenvalue weighted by atomic mass is 10.2. The van der Waals surface area contributed by atoms with Gasteiger partial charge in [-0.15, -0.1) is 0 Å². The molecule has 0 unspecified atom stereocenters. The van der Waals surface area contributed by atoms with Crippen LogP contribution in [-0.2, 0) is 6.61 Å². The second-order valence-corrected chi connectivity index (χ2v) is 6.13. The van der Waals surface area contributed by atoms with Crippen molar-refractivity contribution in [1.82, 2.24) is 10.7 Å². The van der Waals surface area contributed by atoms with E-state index in [0.717, 1.165) is 17.7 Å². The maximum absolute atomic E-state index is 5.90. The highest BCUT2D eigenvalue weighted by molar-refractivity contribution is 7.80. The van der Waals surface area contributed by atoms with Gasteiger partial charge in [0.1, 0.15) is 6.61 Å². The summed E-state index contributed by atoms with van der Waals surface area (Å²) in [5.41, 5.74) is 4.66. The van der Waals surface area contributed by atoms with Crippen LogP contribution in [-0.4, -0.2) is 24.5 Å². The Bertz CT molecular complexity index is 751. The van der Waals surface area contributed by atoms with E-state index in [1.807, 2.05) is 56.3 Å². The maximum Gasteiger partial charge on any atom is 0.186 e. The lowest BCUT2D eigenvalue weighted by Gasteiger charge is -2.12. The van der Waals surface area contributed by atoms with Crippen LogP contribution in [0.4, 0.5) is 0 Å². The van der Waals surface area contributed by atoms with E-state index in [0.29, 0.717) is 34.8 Å². The molecule has 138 valence electrons. The molecule has 0 saturated heterocycles. The van der Waals surface area contributed by atoms with Gasteiger partial charge in [-0.2, -0.15) is 5.10 Å². The molecule has 0 bridgehead atoms. The topological polar surface area (TPSA) is 54.9 Å². The minimum Gasteiger partial charge on any atom is -0.490 e. The van der Waals surface area contributed by atoms with E-state index in [4.69, 9.17) is 33.3 Å². The largest absolute Gasteiger partial charge is 0.490 e. The van der Waals surface area contributed by atoms with Crippen LogP contribution in [0.5, 0.6) is 11.5 Å². The molecule has 0 aromatic heterocycles. The van der Waals surface area contributed by atoms with Gasteiger partial charge in [0.15, 0.2) is 16.6 Å². The van der Waals surface area contributed by atoms with Crippen LogP contribution in [0.3, 0.4) is 0 Å². The van der Waals surface area contributed by atoms with Crippen LogP contribution < -0.4 is 20.2 Å². The zero-order valence-electron chi connectivity index (χ0n) is 14.8. The molecule has 0 saturated carbocycles. The van der Waals surface area contributed by atoms with E-state index in [2.05, 4.69) is 15.8 Å². The van der Waals surface area contributed by atoms with Gasteiger partial charge >= 0.3 is 0 Å². The Morgan fingerprint density at radius 2 is 1.88 bits per heavy atom. The molecule has 0 spiro atoms. The van der Waals surface area contributed by atoms with E-state index < -0.39 is 0 Å². The first-order valence-corrected chi connectivity index (χ1v) is 9.12. The summed E-state index contributed by atoms with van der Waals surface area (Å²) in [6.45, 7) is 5.62. The quantitative estimate of drug-likeness (QED) is 0.402. The van der Waals surface area contributed by atoms with Gasteiger partial charge in [0.25, 0.3) is 0 Å². The highest BCUT2D eigenvalue weighted by Crippen LogP contribution is 2.29. The number of hydrogen-bond acceptors (Lipinski definition) is 4. The fraction of sp³-hybridized carbons (Fsp3) is 0.263. The molecule has 2 N–H and O–H groups in total. The average Bonchev–Trinajstić information content (AvgIpc) is 2.63. The van der Waals surface area contributed by atoms with Crippen molar-refractivity contribution >= 4 is 35.1 Å². The smallest absolute Gasteiger partial charge is 0.186 e. The van der Waals surface area contributed by atoms with Gasteiger partial charge < -0.3 is 14.8 Å². The van der Waals surface area contributed by atoms with Crippen molar-refractivity contribution < 1.29 is 9.47 Å². The Balaban J connectivity index is 2.03. The second kappa shape index (κ2) is 10.6. The van der Waals surface area contributed by atoms with Crippen LogP contribution in [0.2, 0.25) is 5.02 Å². The highest BCUT2D eigenvalue weighted by atomic mass is 35.5. The molecule has 2 rings (SSSR count). The Morgan fingerprint density at radius 1 is 1.12 bits per heavy atom. The third kappa shape index (κ3) is 6.54. The number of hydrazone groups is 1. The van der Waals surface area contributed by atoms with E-state index >= 15 is 0 Å². The number of benzene rings is 2.